The molecule has 0 atom stereocenters. The largest absolute Gasteiger partial charge is 0.486 e. The highest BCUT2D eigenvalue weighted by molar-refractivity contribution is 7.17. The molecule has 0 fully saturated rings. The minimum atomic E-state index is -0.209. The van der Waals surface area contributed by atoms with Crippen LogP contribution < -0.4 is 15.0 Å². The Kier molecular flexibility index (Phi) is 4.58. The van der Waals surface area contributed by atoms with Crippen LogP contribution in [0.15, 0.2) is 58.7 Å². The summed E-state index contributed by atoms with van der Waals surface area (Å²) in [6, 6.07) is 15.4. The van der Waals surface area contributed by atoms with Crippen LogP contribution in [0.5, 0.6) is 11.5 Å². The van der Waals surface area contributed by atoms with Gasteiger partial charge in [-0.3, -0.25) is 4.79 Å². The number of hydrogen-bond acceptors (Lipinski definition) is 5. The van der Waals surface area contributed by atoms with Crippen molar-refractivity contribution in [2.75, 3.05) is 13.2 Å². The maximum absolute atomic E-state index is 12.8. The van der Waals surface area contributed by atoms with Gasteiger partial charge >= 0.3 is 0 Å². The lowest BCUT2D eigenvalue weighted by Gasteiger charge is -2.18. The summed E-state index contributed by atoms with van der Waals surface area (Å²) in [6.45, 7) is 1.06. The fourth-order valence-corrected chi connectivity index (χ4v) is 4.42. The van der Waals surface area contributed by atoms with Crippen molar-refractivity contribution in [1.29, 1.82) is 0 Å². The van der Waals surface area contributed by atoms with Crippen LogP contribution in [0.3, 0.4) is 0 Å². The summed E-state index contributed by atoms with van der Waals surface area (Å²) in [5.41, 5.74) is 2.48. The van der Waals surface area contributed by atoms with Crippen LogP contribution in [0.2, 0.25) is 0 Å². The van der Waals surface area contributed by atoms with E-state index in [2.05, 4.69) is 9.97 Å². The van der Waals surface area contributed by atoms with E-state index < -0.39 is 0 Å². The zero-order valence-corrected chi connectivity index (χ0v) is 16.7. The minimum absolute atomic E-state index is 0.209. The Morgan fingerprint density at radius 2 is 1.90 bits per heavy atom. The lowest BCUT2D eigenvalue weighted by atomic mass is 10.1. The number of nitrogens with one attached hydrogen (secondary N) is 1. The van der Waals surface area contributed by atoms with Gasteiger partial charge in [0.2, 0.25) is 0 Å². The molecule has 4 aromatic rings. The van der Waals surface area contributed by atoms with Crippen molar-refractivity contribution < 1.29 is 9.47 Å². The first-order valence-electron chi connectivity index (χ1n) is 9.03. The molecular formula is C22H15ClN2O3S. The zero-order valence-electron chi connectivity index (χ0n) is 15.1. The number of H-pyrrole nitrogens is 1. The summed E-state index contributed by atoms with van der Waals surface area (Å²) < 4.78 is 11.1. The van der Waals surface area contributed by atoms with Crippen molar-refractivity contribution in [2.45, 2.75) is 0 Å². The van der Waals surface area contributed by atoms with Crippen molar-refractivity contribution in [3.63, 3.8) is 0 Å². The fraction of sp³-hybridized carbons (Fsp3) is 0.0909. The molecule has 0 radical (unpaired) electrons. The second-order valence-corrected chi connectivity index (χ2v) is 7.77. The van der Waals surface area contributed by atoms with E-state index in [-0.39, 0.29) is 5.56 Å². The molecule has 5 rings (SSSR count). The second-order valence-electron chi connectivity index (χ2n) is 6.51. The van der Waals surface area contributed by atoms with Gasteiger partial charge in [-0.1, -0.05) is 48.0 Å². The van der Waals surface area contributed by atoms with Crippen LogP contribution in [-0.2, 0) is 0 Å². The lowest BCUT2D eigenvalue weighted by molar-refractivity contribution is 0.171. The molecule has 7 heteroatoms. The Balaban J connectivity index is 1.54. The Bertz CT molecular complexity index is 1290. The first-order valence-corrected chi connectivity index (χ1v) is 10.3. The highest BCUT2D eigenvalue weighted by Gasteiger charge is 2.15. The molecule has 0 amide bonds. The molecule has 1 aliphatic rings. The van der Waals surface area contributed by atoms with E-state index in [0.29, 0.717) is 45.8 Å². The molecule has 0 spiro atoms. The molecule has 0 bridgehead atoms. The van der Waals surface area contributed by atoms with Crippen LogP contribution in [-0.4, -0.2) is 23.2 Å². The van der Waals surface area contributed by atoms with E-state index in [1.807, 2.05) is 53.9 Å². The van der Waals surface area contributed by atoms with Crippen LogP contribution in [0.25, 0.3) is 32.5 Å². The van der Waals surface area contributed by atoms with Crippen molar-refractivity contribution in [1.82, 2.24) is 9.97 Å². The van der Waals surface area contributed by atoms with E-state index in [9.17, 15) is 4.79 Å². The number of aromatic nitrogens is 2. The van der Waals surface area contributed by atoms with Crippen molar-refractivity contribution in [3.8, 4) is 22.6 Å². The topological polar surface area (TPSA) is 64.2 Å². The van der Waals surface area contributed by atoms with Crippen LogP contribution in [0.4, 0.5) is 0 Å². The van der Waals surface area contributed by atoms with Gasteiger partial charge in [-0.15, -0.1) is 11.3 Å². The number of hydrogen-bond donors (Lipinski definition) is 1. The number of thiophene rings is 1. The van der Waals surface area contributed by atoms with Gasteiger partial charge < -0.3 is 14.5 Å². The number of ether oxygens (including phenoxy) is 2. The first kappa shape index (κ1) is 18.0. The third kappa shape index (κ3) is 3.41. The standard InChI is InChI=1S/C22H15ClN2O3S/c23-16(10-13-6-7-17-18(11-13)28-9-8-27-17)20-24-21(26)19-15(12-29-22(19)25-20)14-4-2-1-3-5-14/h1-7,10-12H,8-9H2,(H,24,25,26)/b16-10-. The summed E-state index contributed by atoms with van der Waals surface area (Å²) in [5, 5.41) is 2.87. The molecule has 1 N–H and O–H groups in total. The highest BCUT2D eigenvalue weighted by Crippen LogP contribution is 2.33. The van der Waals surface area contributed by atoms with E-state index in [1.165, 1.54) is 11.3 Å². The number of rotatable bonds is 3. The molecule has 2 aromatic heterocycles. The molecule has 0 saturated heterocycles. The maximum Gasteiger partial charge on any atom is 0.260 e. The molecule has 5 nitrogen and oxygen atoms in total. The molecule has 0 aliphatic carbocycles. The van der Waals surface area contributed by atoms with E-state index >= 15 is 0 Å². The monoisotopic (exact) mass is 422 g/mol. The average Bonchev–Trinajstić information content (AvgIpc) is 3.19. The second kappa shape index (κ2) is 7.39. The number of halogens is 1. The molecule has 1 aliphatic heterocycles. The number of benzene rings is 2. The highest BCUT2D eigenvalue weighted by atomic mass is 35.5. The van der Waals surface area contributed by atoms with Gasteiger partial charge in [0.1, 0.15) is 18.0 Å². The van der Waals surface area contributed by atoms with E-state index in [1.54, 1.807) is 6.08 Å². The van der Waals surface area contributed by atoms with Crippen molar-refractivity contribution in [2.24, 2.45) is 0 Å². The molecular weight excluding hydrogens is 408 g/mol. The van der Waals surface area contributed by atoms with Gasteiger partial charge in [0, 0.05) is 10.9 Å². The van der Waals surface area contributed by atoms with Gasteiger partial charge in [0.25, 0.3) is 5.56 Å². The summed E-state index contributed by atoms with van der Waals surface area (Å²) >= 11 is 7.91. The van der Waals surface area contributed by atoms with E-state index in [0.717, 1.165) is 16.7 Å². The Morgan fingerprint density at radius 1 is 1.10 bits per heavy atom. The van der Waals surface area contributed by atoms with Crippen LogP contribution >= 0.6 is 22.9 Å². The fourth-order valence-electron chi connectivity index (χ4n) is 3.26. The van der Waals surface area contributed by atoms with Crippen LogP contribution in [0.1, 0.15) is 11.4 Å². The quantitative estimate of drug-likeness (QED) is 0.495. The van der Waals surface area contributed by atoms with Crippen molar-refractivity contribution >= 4 is 44.3 Å². The Morgan fingerprint density at radius 3 is 2.72 bits per heavy atom. The van der Waals surface area contributed by atoms with Gasteiger partial charge in [-0.25, -0.2) is 4.98 Å². The van der Waals surface area contributed by atoms with Gasteiger partial charge in [-0.05, 0) is 29.3 Å². The van der Waals surface area contributed by atoms with E-state index in [4.69, 9.17) is 21.1 Å². The molecule has 2 aromatic carbocycles. The average molecular weight is 423 g/mol. The summed E-state index contributed by atoms with van der Waals surface area (Å²) in [6.07, 6.45) is 1.75. The lowest BCUT2D eigenvalue weighted by Crippen LogP contribution is -2.15. The van der Waals surface area contributed by atoms with Gasteiger partial charge in [0.15, 0.2) is 17.3 Å². The third-order valence-electron chi connectivity index (χ3n) is 4.61. The summed E-state index contributed by atoms with van der Waals surface area (Å²) in [4.78, 5) is 20.8. The number of aromatic amines is 1. The molecule has 144 valence electrons. The summed E-state index contributed by atoms with van der Waals surface area (Å²) in [5.74, 6) is 1.72. The predicted octanol–water partition coefficient (Wildman–Crippen LogP) is 5.16. The molecule has 0 unspecified atom stereocenters. The van der Waals surface area contributed by atoms with Gasteiger partial charge in [0.05, 0.1) is 10.4 Å². The molecule has 0 saturated carbocycles. The molecule has 3 heterocycles. The number of fused-ring (bicyclic) bond motifs is 2. The number of nitrogens with zero attached hydrogens (tertiary/aromatic N) is 1. The summed E-state index contributed by atoms with van der Waals surface area (Å²) in [7, 11) is 0. The van der Waals surface area contributed by atoms with Gasteiger partial charge in [-0.2, -0.15) is 0 Å². The molecule has 29 heavy (non-hydrogen) atoms. The predicted molar refractivity (Wildman–Crippen MR) is 117 cm³/mol. The third-order valence-corrected chi connectivity index (χ3v) is 5.77. The van der Waals surface area contributed by atoms with Crippen LogP contribution in [0, 0.1) is 0 Å². The minimum Gasteiger partial charge on any atom is -0.486 e. The Labute approximate surface area is 175 Å². The van der Waals surface area contributed by atoms with Crippen molar-refractivity contribution in [3.05, 3.63) is 75.7 Å². The maximum atomic E-state index is 12.8. The normalized spacial score (nSPS) is 13.6. The SMILES string of the molecule is O=c1[nH]c(/C(Cl)=C/c2ccc3c(c2)OCCO3)nc2scc(-c3ccccc3)c12. The smallest absolute Gasteiger partial charge is 0.260 e. The first-order chi connectivity index (χ1) is 14.2. The Hall–Kier alpha value is -3.09. The zero-order chi connectivity index (χ0) is 19.8.